The van der Waals surface area contributed by atoms with Crippen LogP contribution < -0.4 is 16.0 Å². The molecule has 0 radical (unpaired) electrons. The summed E-state index contributed by atoms with van der Waals surface area (Å²) < 4.78 is 6.54. The number of carboxylic acids is 1. The standard InChI is InChI=1S/C14H14N2O5/c1-8(2)21-10-5-3-9(4-6-10)16-7-11(13(18)19)12(17)15-14(16)20/h3-8H,1-2H3,(H,18,19)(H,15,17,20). The van der Waals surface area contributed by atoms with Crippen molar-refractivity contribution in [3.63, 3.8) is 0 Å². The molecule has 0 fully saturated rings. The van der Waals surface area contributed by atoms with Gasteiger partial charge < -0.3 is 9.84 Å². The Morgan fingerprint density at radius 3 is 2.38 bits per heavy atom. The molecule has 110 valence electrons. The summed E-state index contributed by atoms with van der Waals surface area (Å²) >= 11 is 0. The van der Waals surface area contributed by atoms with E-state index in [2.05, 4.69) is 0 Å². The molecule has 0 bridgehead atoms. The molecule has 2 N–H and O–H groups in total. The van der Waals surface area contributed by atoms with E-state index in [1.807, 2.05) is 18.8 Å². The van der Waals surface area contributed by atoms with Gasteiger partial charge in [-0.1, -0.05) is 0 Å². The second-order valence-corrected chi connectivity index (χ2v) is 4.64. The van der Waals surface area contributed by atoms with Gasteiger partial charge in [0.05, 0.1) is 11.8 Å². The highest BCUT2D eigenvalue weighted by atomic mass is 16.5. The molecule has 0 atom stereocenters. The van der Waals surface area contributed by atoms with Gasteiger partial charge in [-0.15, -0.1) is 0 Å². The SMILES string of the molecule is CC(C)Oc1ccc(-n2cc(C(=O)O)c(=O)[nH]c2=O)cc1. The zero-order chi connectivity index (χ0) is 15.6. The first-order valence-electron chi connectivity index (χ1n) is 6.25. The predicted octanol–water partition coefficient (Wildman–Crippen LogP) is 1.01. The molecule has 1 heterocycles. The van der Waals surface area contributed by atoms with E-state index in [0.29, 0.717) is 11.4 Å². The number of carbonyl (C=O) groups is 1. The van der Waals surface area contributed by atoms with Gasteiger partial charge in [-0.2, -0.15) is 0 Å². The fourth-order valence-electron chi connectivity index (χ4n) is 1.77. The number of rotatable bonds is 4. The molecule has 21 heavy (non-hydrogen) atoms. The number of aromatic nitrogens is 2. The summed E-state index contributed by atoms with van der Waals surface area (Å²) in [5.41, 5.74) is -1.71. The Morgan fingerprint density at radius 2 is 1.86 bits per heavy atom. The van der Waals surface area contributed by atoms with E-state index < -0.39 is 22.8 Å². The van der Waals surface area contributed by atoms with Gasteiger partial charge in [0.2, 0.25) is 0 Å². The van der Waals surface area contributed by atoms with E-state index in [-0.39, 0.29) is 6.10 Å². The monoisotopic (exact) mass is 290 g/mol. The average molecular weight is 290 g/mol. The van der Waals surface area contributed by atoms with Crippen LogP contribution in [0.1, 0.15) is 24.2 Å². The Hall–Kier alpha value is -2.83. The molecule has 0 spiro atoms. The Balaban J connectivity index is 2.47. The van der Waals surface area contributed by atoms with Crippen LogP contribution in [0, 0.1) is 0 Å². The fraction of sp³-hybridized carbons (Fsp3) is 0.214. The minimum Gasteiger partial charge on any atom is -0.491 e. The van der Waals surface area contributed by atoms with Crippen LogP contribution in [-0.4, -0.2) is 26.7 Å². The maximum atomic E-state index is 11.8. The lowest BCUT2D eigenvalue weighted by molar-refractivity contribution is 0.0694. The molecule has 0 aliphatic heterocycles. The summed E-state index contributed by atoms with van der Waals surface area (Å²) in [4.78, 5) is 36.0. The first-order chi connectivity index (χ1) is 9.88. The number of H-pyrrole nitrogens is 1. The van der Waals surface area contributed by atoms with Crippen molar-refractivity contribution in [2.75, 3.05) is 0 Å². The number of hydrogen-bond acceptors (Lipinski definition) is 4. The Kier molecular flexibility index (Phi) is 3.93. The van der Waals surface area contributed by atoms with Gasteiger partial charge in [-0.25, -0.2) is 9.59 Å². The molecule has 1 aromatic heterocycles. The summed E-state index contributed by atoms with van der Waals surface area (Å²) in [6.45, 7) is 3.78. The second-order valence-electron chi connectivity index (χ2n) is 4.64. The molecule has 0 aliphatic rings. The zero-order valence-corrected chi connectivity index (χ0v) is 11.5. The lowest BCUT2D eigenvalue weighted by Gasteiger charge is -2.11. The predicted molar refractivity (Wildman–Crippen MR) is 75.4 cm³/mol. The van der Waals surface area contributed by atoms with Crippen LogP contribution in [0.2, 0.25) is 0 Å². The summed E-state index contributed by atoms with van der Waals surface area (Å²) in [6, 6.07) is 6.52. The Labute approximate surface area is 119 Å². The van der Waals surface area contributed by atoms with Crippen LogP contribution >= 0.6 is 0 Å². The maximum Gasteiger partial charge on any atom is 0.342 e. The van der Waals surface area contributed by atoms with Crippen LogP contribution in [0.4, 0.5) is 0 Å². The quantitative estimate of drug-likeness (QED) is 0.875. The van der Waals surface area contributed by atoms with Crippen molar-refractivity contribution < 1.29 is 14.6 Å². The van der Waals surface area contributed by atoms with Gasteiger partial charge >= 0.3 is 11.7 Å². The number of aromatic carboxylic acids is 1. The van der Waals surface area contributed by atoms with Crippen LogP contribution in [0.25, 0.3) is 5.69 Å². The van der Waals surface area contributed by atoms with Crippen LogP contribution in [0.3, 0.4) is 0 Å². The first kappa shape index (κ1) is 14.6. The van der Waals surface area contributed by atoms with Crippen molar-refractivity contribution in [1.82, 2.24) is 9.55 Å². The minimum atomic E-state index is -1.40. The van der Waals surface area contributed by atoms with E-state index in [9.17, 15) is 14.4 Å². The summed E-state index contributed by atoms with van der Waals surface area (Å²) in [5.74, 6) is -0.769. The lowest BCUT2D eigenvalue weighted by Crippen LogP contribution is -2.32. The van der Waals surface area contributed by atoms with Crippen molar-refractivity contribution in [1.29, 1.82) is 0 Å². The third-order valence-electron chi connectivity index (χ3n) is 2.66. The average Bonchev–Trinajstić information content (AvgIpc) is 2.39. The molecule has 2 rings (SSSR count). The summed E-state index contributed by atoms with van der Waals surface area (Å²) in [6.07, 6.45) is 1.02. The topological polar surface area (TPSA) is 101 Å². The van der Waals surface area contributed by atoms with E-state index in [0.717, 1.165) is 10.8 Å². The van der Waals surface area contributed by atoms with Gasteiger partial charge in [0.1, 0.15) is 11.3 Å². The number of hydrogen-bond donors (Lipinski definition) is 2. The number of nitrogens with zero attached hydrogens (tertiary/aromatic N) is 1. The molecule has 0 saturated carbocycles. The highest BCUT2D eigenvalue weighted by molar-refractivity contribution is 5.86. The van der Waals surface area contributed by atoms with Crippen molar-refractivity contribution in [3.05, 3.63) is 56.9 Å². The van der Waals surface area contributed by atoms with Gasteiger partial charge in [0.15, 0.2) is 0 Å². The highest BCUT2D eigenvalue weighted by Gasteiger charge is 2.12. The number of carboxylic acid groups (broad SMARTS) is 1. The third kappa shape index (κ3) is 3.19. The van der Waals surface area contributed by atoms with E-state index >= 15 is 0 Å². The number of ether oxygens (including phenoxy) is 1. The minimum absolute atomic E-state index is 0.0188. The van der Waals surface area contributed by atoms with Gasteiger partial charge in [0.25, 0.3) is 5.56 Å². The molecule has 0 aliphatic carbocycles. The summed E-state index contributed by atoms with van der Waals surface area (Å²) in [7, 11) is 0. The fourth-order valence-corrected chi connectivity index (χ4v) is 1.77. The van der Waals surface area contributed by atoms with E-state index in [1.165, 1.54) is 0 Å². The Morgan fingerprint density at radius 1 is 1.24 bits per heavy atom. The number of benzene rings is 1. The normalized spacial score (nSPS) is 10.6. The largest absolute Gasteiger partial charge is 0.491 e. The molecule has 7 nitrogen and oxygen atoms in total. The number of nitrogens with one attached hydrogen (secondary N) is 1. The molecular formula is C14H14N2O5. The maximum absolute atomic E-state index is 11.8. The molecule has 1 aromatic carbocycles. The smallest absolute Gasteiger partial charge is 0.342 e. The van der Waals surface area contributed by atoms with E-state index in [1.54, 1.807) is 24.3 Å². The van der Waals surface area contributed by atoms with Crippen molar-refractivity contribution in [3.8, 4) is 11.4 Å². The third-order valence-corrected chi connectivity index (χ3v) is 2.66. The van der Waals surface area contributed by atoms with Gasteiger partial charge in [-0.3, -0.25) is 14.3 Å². The van der Waals surface area contributed by atoms with Crippen LogP contribution in [-0.2, 0) is 0 Å². The second kappa shape index (κ2) is 5.66. The lowest BCUT2D eigenvalue weighted by atomic mass is 10.2. The van der Waals surface area contributed by atoms with Crippen molar-refractivity contribution in [2.45, 2.75) is 20.0 Å². The summed E-state index contributed by atoms with van der Waals surface area (Å²) in [5, 5.41) is 8.92. The van der Waals surface area contributed by atoms with Crippen LogP contribution in [0.15, 0.2) is 40.1 Å². The number of aromatic amines is 1. The molecule has 0 saturated heterocycles. The molecular weight excluding hydrogens is 276 g/mol. The molecule has 2 aromatic rings. The van der Waals surface area contributed by atoms with Crippen LogP contribution in [0.5, 0.6) is 5.75 Å². The van der Waals surface area contributed by atoms with Crippen molar-refractivity contribution in [2.24, 2.45) is 0 Å². The van der Waals surface area contributed by atoms with E-state index in [4.69, 9.17) is 9.84 Å². The Bertz CT molecular complexity index is 771. The molecule has 7 heteroatoms. The highest BCUT2D eigenvalue weighted by Crippen LogP contribution is 2.15. The van der Waals surface area contributed by atoms with Gasteiger partial charge in [-0.05, 0) is 38.1 Å². The zero-order valence-electron chi connectivity index (χ0n) is 11.5. The van der Waals surface area contributed by atoms with Crippen molar-refractivity contribution >= 4 is 5.97 Å². The molecule has 0 unspecified atom stereocenters. The van der Waals surface area contributed by atoms with Gasteiger partial charge in [0, 0.05) is 6.20 Å². The molecule has 0 amide bonds. The first-order valence-corrected chi connectivity index (χ1v) is 6.25.